The lowest BCUT2D eigenvalue weighted by molar-refractivity contribution is -0.121. The van der Waals surface area contributed by atoms with Gasteiger partial charge in [-0.05, 0) is 43.9 Å². The van der Waals surface area contributed by atoms with E-state index in [2.05, 4.69) is 22.4 Å². The molecule has 0 saturated heterocycles. The van der Waals surface area contributed by atoms with Gasteiger partial charge in [-0.1, -0.05) is 31.5 Å². The highest BCUT2D eigenvalue weighted by Gasteiger charge is 2.26. The Kier molecular flexibility index (Phi) is 6.83. The molecule has 1 saturated carbocycles. The summed E-state index contributed by atoms with van der Waals surface area (Å²) < 4.78 is 16.3. The van der Waals surface area contributed by atoms with Crippen molar-refractivity contribution in [1.82, 2.24) is 15.5 Å². The summed E-state index contributed by atoms with van der Waals surface area (Å²) in [6, 6.07) is 5.65. The van der Waals surface area contributed by atoms with Gasteiger partial charge in [-0.3, -0.25) is 4.79 Å². The highest BCUT2D eigenvalue weighted by atomic mass is 32.2. The van der Waals surface area contributed by atoms with E-state index in [9.17, 15) is 4.79 Å². The number of methoxy groups -OCH3 is 2. The molecule has 1 aromatic heterocycles. The van der Waals surface area contributed by atoms with Crippen LogP contribution < -0.4 is 14.8 Å². The predicted molar refractivity (Wildman–Crippen MR) is 108 cm³/mol. The fourth-order valence-corrected chi connectivity index (χ4v) is 4.07. The summed E-state index contributed by atoms with van der Waals surface area (Å²) in [5.41, 5.74) is 0.727. The molecule has 3 rings (SSSR count). The monoisotopic (exact) mass is 405 g/mol. The van der Waals surface area contributed by atoms with Crippen molar-refractivity contribution in [3.05, 3.63) is 18.2 Å². The Morgan fingerprint density at radius 1 is 1.21 bits per heavy atom. The van der Waals surface area contributed by atoms with Crippen molar-refractivity contribution < 1.29 is 18.7 Å². The number of carbonyl (C=O) groups excluding carboxylic acids is 1. The van der Waals surface area contributed by atoms with E-state index in [1.54, 1.807) is 26.4 Å². The van der Waals surface area contributed by atoms with Crippen LogP contribution in [0.4, 0.5) is 0 Å². The van der Waals surface area contributed by atoms with E-state index in [1.807, 2.05) is 13.0 Å². The number of carbonyl (C=O) groups is 1. The van der Waals surface area contributed by atoms with E-state index in [1.165, 1.54) is 31.0 Å². The molecule has 0 spiro atoms. The first-order chi connectivity index (χ1) is 13.5. The fraction of sp³-hybridized carbons (Fsp3) is 0.550. The van der Waals surface area contributed by atoms with E-state index in [0.29, 0.717) is 28.5 Å². The molecule has 1 fully saturated rings. The highest BCUT2D eigenvalue weighted by Crippen LogP contribution is 2.33. The van der Waals surface area contributed by atoms with Gasteiger partial charge in [0.15, 0.2) is 11.5 Å². The average Bonchev–Trinajstić information content (AvgIpc) is 3.17. The Balaban J connectivity index is 1.63. The van der Waals surface area contributed by atoms with Gasteiger partial charge < -0.3 is 19.2 Å². The molecule has 1 aromatic carbocycles. The Labute approximate surface area is 169 Å². The summed E-state index contributed by atoms with van der Waals surface area (Å²) in [4.78, 5) is 12.5. The molecule has 1 amide bonds. The molecule has 2 aromatic rings. The molecule has 0 radical (unpaired) electrons. The predicted octanol–water partition coefficient (Wildman–Crippen LogP) is 3.93. The van der Waals surface area contributed by atoms with E-state index in [-0.39, 0.29) is 17.2 Å². The Morgan fingerprint density at radius 3 is 2.68 bits per heavy atom. The maximum atomic E-state index is 12.5. The third kappa shape index (κ3) is 4.79. The molecule has 7 nitrogen and oxygen atoms in total. The molecule has 1 aliphatic carbocycles. The maximum absolute atomic E-state index is 12.5. The Bertz CT molecular complexity index is 810. The lowest BCUT2D eigenvalue weighted by Crippen LogP contribution is -2.44. The minimum Gasteiger partial charge on any atom is -0.493 e. The molecule has 0 aliphatic heterocycles. The van der Waals surface area contributed by atoms with Crippen LogP contribution in [0.5, 0.6) is 11.5 Å². The first-order valence-corrected chi connectivity index (χ1v) is 10.4. The summed E-state index contributed by atoms with van der Waals surface area (Å²) >= 11 is 1.27. The minimum absolute atomic E-state index is 0.00890. The van der Waals surface area contributed by atoms with Crippen molar-refractivity contribution in [3.63, 3.8) is 0 Å². The van der Waals surface area contributed by atoms with Gasteiger partial charge in [0, 0.05) is 11.6 Å². The number of nitrogens with zero attached hydrogens (tertiary/aromatic N) is 2. The largest absolute Gasteiger partial charge is 0.493 e. The fourth-order valence-electron chi connectivity index (χ4n) is 3.38. The first kappa shape index (κ1) is 20.5. The van der Waals surface area contributed by atoms with Gasteiger partial charge in [-0.25, -0.2) is 0 Å². The zero-order valence-corrected chi connectivity index (χ0v) is 17.5. The van der Waals surface area contributed by atoms with Crippen LogP contribution in [0.2, 0.25) is 0 Å². The van der Waals surface area contributed by atoms with Crippen LogP contribution in [-0.2, 0) is 4.79 Å². The SMILES string of the molecule is COc1ccc(-c2nnc(S[C@H](C)C(=O)N[C@@H]3CCCC[C@H]3C)o2)cc1OC. The number of ether oxygens (including phenoxy) is 2. The topological polar surface area (TPSA) is 86.5 Å². The van der Waals surface area contributed by atoms with Crippen LogP contribution in [0, 0.1) is 5.92 Å². The Morgan fingerprint density at radius 2 is 1.96 bits per heavy atom. The molecule has 3 atom stereocenters. The molecule has 152 valence electrons. The molecule has 1 aliphatic rings. The number of aromatic nitrogens is 2. The summed E-state index contributed by atoms with van der Waals surface area (Å²) in [6.45, 7) is 4.06. The van der Waals surface area contributed by atoms with Crippen molar-refractivity contribution in [2.24, 2.45) is 5.92 Å². The molecular weight excluding hydrogens is 378 g/mol. The second-order valence-corrected chi connectivity index (χ2v) is 8.37. The van der Waals surface area contributed by atoms with Gasteiger partial charge in [0.05, 0.1) is 19.5 Å². The summed E-state index contributed by atoms with van der Waals surface area (Å²) in [5.74, 6) is 2.12. The summed E-state index contributed by atoms with van der Waals surface area (Å²) in [5, 5.41) is 11.4. The number of hydrogen-bond acceptors (Lipinski definition) is 7. The molecule has 1 N–H and O–H groups in total. The maximum Gasteiger partial charge on any atom is 0.277 e. The summed E-state index contributed by atoms with van der Waals surface area (Å²) in [7, 11) is 3.16. The smallest absolute Gasteiger partial charge is 0.277 e. The normalized spacial score (nSPS) is 20.4. The number of amides is 1. The van der Waals surface area contributed by atoms with Crippen LogP contribution in [0.3, 0.4) is 0 Å². The number of rotatable bonds is 7. The minimum atomic E-state index is -0.312. The van der Waals surface area contributed by atoms with Crippen LogP contribution in [-0.4, -0.2) is 41.6 Å². The van der Waals surface area contributed by atoms with Crippen molar-refractivity contribution in [2.45, 2.75) is 56.0 Å². The van der Waals surface area contributed by atoms with E-state index < -0.39 is 0 Å². The lowest BCUT2D eigenvalue weighted by Gasteiger charge is -2.30. The van der Waals surface area contributed by atoms with Crippen LogP contribution in [0.1, 0.15) is 39.5 Å². The van der Waals surface area contributed by atoms with Crippen molar-refractivity contribution in [3.8, 4) is 23.0 Å². The van der Waals surface area contributed by atoms with Crippen molar-refractivity contribution in [1.29, 1.82) is 0 Å². The quantitative estimate of drug-likeness (QED) is 0.699. The standard InChI is InChI=1S/C20H27N3O4S/c1-12-7-5-6-8-15(12)21-18(24)13(2)28-20-23-22-19(27-20)14-9-10-16(25-3)17(11-14)26-4/h9-13,15H,5-8H2,1-4H3,(H,21,24)/t12-,13-,15-/m1/s1. The molecule has 1 heterocycles. The van der Waals surface area contributed by atoms with Gasteiger partial charge in [0.25, 0.3) is 5.22 Å². The third-order valence-corrected chi connectivity index (χ3v) is 6.06. The molecule has 8 heteroatoms. The highest BCUT2D eigenvalue weighted by molar-refractivity contribution is 8.00. The van der Waals surface area contributed by atoms with Crippen LogP contribution in [0.25, 0.3) is 11.5 Å². The van der Waals surface area contributed by atoms with Gasteiger partial charge in [-0.2, -0.15) is 0 Å². The lowest BCUT2D eigenvalue weighted by atomic mass is 9.86. The van der Waals surface area contributed by atoms with Crippen LogP contribution in [0.15, 0.2) is 27.8 Å². The van der Waals surface area contributed by atoms with Gasteiger partial charge in [0.1, 0.15) is 0 Å². The molecule has 0 unspecified atom stereocenters. The first-order valence-electron chi connectivity index (χ1n) is 9.54. The van der Waals surface area contributed by atoms with E-state index >= 15 is 0 Å². The number of nitrogens with one attached hydrogen (secondary N) is 1. The zero-order chi connectivity index (χ0) is 20.1. The number of hydrogen-bond donors (Lipinski definition) is 1. The average molecular weight is 406 g/mol. The second kappa shape index (κ2) is 9.32. The van der Waals surface area contributed by atoms with Gasteiger partial charge >= 0.3 is 0 Å². The third-order valence-electron chi connectivity index (χ3n) is 5.12. The molecule has 0 bridgehead atoms. The van der Waals surface area contributed by atoms with Crippen molar-refractivity contribution >= 4 is 17.7 Å². The van der Waals surface area contributed by atoms with Crippen LogP contribution >= 0.6 is 11.8 Å². The second-order valence-electron chi connectivity index (χ2n) is 7.08. The molecule has 28 heavy (non-hydrogen) atoms. The van der Waals surface area contributed by atoms with Crippen molar-refractivity contribution in [2.75, 3.05) is 14.2 Å². The zero-order valence-electron chi connectivity index (χ0n) is 16.7. The number of thioether (sulfide) groups is 1. The van der Waals surface area contributed by atoms with E-state index in [0.717, 1.165) is 12.0 Å². The summed E-state index contributed by atoms with van der Waals surface area (Å²) in [6.07, 6.45) is 4.65. The Hall–Kier alpha value is -2.22. The van der Waals surface area contributed by atoms with Gasteiger partial charge in [-0.15, -0.1) is 10.2 Å². The van der Waals surface area contributed by atoms with Gasteiger partial charge in [0.2, 0.25) is 11.8 Å². The molecular formula is C20H27N3O4S. The number of benzene rings is 1. The van der Waals surface area contributed by atoms with E-state index in [4.69, 9.17) is 13.9 Å².